The number of amides is 1. The van der Waals surface area contributed by atoms with E-state index >= 15 is 0 Å². The fraction of sp³-hybridized carbons (Fsp3) is 0.652. The van der Waals surface area contributed by atoms with Gasteiger partial charge in [0, 0.05) is 32.5 Å². The standard InChI is InChI=1S/C23H34N2O4/c1-17(2)12-21-23(29-16-28-4,22(26)25(21)15-27-3)14-20-13-19(10-11-24-20)18-8-6-5-7-9-18/h8,10-11,13,17,21H,5-7,9,12,14-16H2,1-4H3/t21-,23+/m0/s1. The van der Waals surface area contributed by atoms with Gasteiger partial charge in [-0.25, -0.2) is 0 Å². The Bertz CT molecular complexity index is 733. The van der Waals surface area contributed by atoms with Gasteiger partial charge in [0.1, 0.15) is 13.5 Å². The van der Waals surface area contributed by atoms with Gasteiger partial charge in [0.05, 0.1) is 6.04 Å². The van der Waals surface area contributed by atoms with E-state index in [-0.39, 0.29) is 25.5 Å². The van der Waals surface area contributed by atoms with Crippen LogP contribution in [0, 0.1) is 5.92 Å². The van der Waals surface area contributed by atoms with E-state index in [0.29, 0.717) is 12.3 Å². The van der Waals surface area contributed by atoms with E-state index in [4.69, 9.17) is 14.2 Å². The molecule has 0 spiro atoms. The molecule has 3 rings (SSSR count). The van der Waals surface area contributed by atoms with Crippen molar-refractivity contribution in [1.82, 2.24) is 9.88 Å². The van der Waals surface area contributed by atoms with E-state index in [0.717, 1.165) is 25.0 Å². The predicted octanol–water partition coefficient (Wildman–Crippen LogP) is 3.80. The Morgan fingerprint density at radius 2 is 2.10 bits per heavy atom. The molecule has 0 N–H and O–H groups in total. The lowest BCUT2D eigenvalue weighted by Crippen LogP contribution is -2.76. The number of ether oxygens (including phenoxy) is 3. The van der Waals surface area contributed by atoms with Crippen LogP contribution in [-0.2, 0) is 25.4 Å². The number of hydrogen-bond acceptors (Lipinski definition) is 5. The largest absolute Gasteiger partial charge is 0.364 e. The number of rotatable bonds is 10. The zero-order valence-electron chi connectivity index (χ0n) is 18.1. The molecular formula is C23H34N2O4. The number of nitrogens with zero attached hydrogens (tertiary/aromatic N) is 2. The summed E-state index contributed by atoms with van der Waals surface area (Å²) in [5.41, 5.74) is 2.51. The van der Waals surface area contributed by atoms with Crippen LogP contribution in [0.25, 0.3) is 5.57 Å². The van der Waals surface area contributed by atoms with Crippen molar-refractivity contribution in [2.45, 2.75) is 64.0 Å². The van der Waals surface area contributed by atoms with Crippen LogP contribution in [0.1, 0.15) is 57.2 Å². The molecule has 6 nitrogen and oxygen atoms in total. The maximum Gasteiger partial charge on any atom is 0.259 e. The van der Waals surface area contributed by atoms with E-state index in [9.17, 15) is 4.79 Å². The summed E-state index contributed by atoms with van der Waals surface area (Å²) >= 11 is 0. The van der Waals surface area contributed by atoms with Crippen molar-refractivity contribution in [2.24, 2.45) is 5.92 Å². The second kappa shape index (κ2) is 9.83. The first kappa shape index (κ1) is 21.9. The van der Waals surface area contributed by atoms with Gasteiger partial charge in [0.2, 0.25) is 0 Å². The zero-order chi connectivity index (χ0) is 20.9. The third kappa shape index (κ3) is 4.71. The van der Waals surface area contributed by atoms with Crippen LogP contribution in [-0.4, -0.2) is 55.2 Å². The first-order chi connectivity index (χ1) is 14.0. The summed E-state index contributed by atoms with van der Waals surface area (Å²) in [6.45, 7) is 4.66. The molecule has 0 radical (unpaired) electrons. The first-order valence-electron chi connectivity index (χ1n) is 10.6. The Morgan fingerprint density at radius 3 is 2.76 bits per heavy atom. The zero-order valence-corrected chi connectivity index (χ0v) is 18.1. The topological polar surface area (TPSA) is 60.9 Å². The number of hydrogen-bond donors (Lipinski definition) is 0. The molecule has 2 heterocycles. The molecule has 6 heteroatoms. The Labute approximate surface area is 174 Å². The molecular weight excluding hydrogens is 368 g/mol. The summed E-state index contributed by atoms with van der Waals surface area (Å²) in [5, 5.41) is 0. The van der Waals surface area contributed by atoms with Gasteiger partial charge in [-0.05, 0) is 61.3 Å². The quantitative estimate of drug-likeness (QED) is 0.440. The number of aromatic nitrogens is 1. The van der Waals surface area contributed by atoms with Gasteiger partial charge in [0.25, 0.3) is 5.91 Å². The number of likely N-dealkylation sites (tertiary alicyclic amines) is 1. The van der Waals surface area contributed by atoms with Gasteiger partial charge >= 0.3 is 0 Å². The molecule has 0 saturated carbocycles. The van der Waals surface area contributed by atoms with Gasteiger partial charge in [-0.3, -0.25) is 9.78 Å². The predicted molar refractivity (Wildman–Crippen MR) is 112 cm³/mol. The fourth-order valence-corrected chi connectivity index (χ4v) is 4.48. The summed E-state index contributed by atoms with van der Waals surface area (Å²) in [6, 6.07) is 4.12. The number of methoxy groups -OCH3 is 2. The minimum Gasteiger partial charge on any atom is -0.364 e. The highest BCUT2D eigenvalue weighted by molar-refractivity contribution is 5.93. The summed E-state index contributed by atoms with van der Waals surface area (Å²) in [7, 11) is 3.19. The third-order valence-corrected chi connectivity index (χ3v) is 5.86. The van der Waals surface area contributed by atoms with Gasteiger partial charge in [-0.15, -0.1) is 0 Å². The SMILES string of the molecule is COCO[C@@]1(Cc2cc(C3=CCCCC3)ccn2)C(=O)N(COC)[C@H]1CC(C)C. The molecule has 2 atom stereocenters. The van der Waals surface area contributed by atoms with Crippen LogP contribution in [0.5, 0.6) is 0 Å². The summed E-state index contributed by atoms with van der Waals surface area (Å²) in [6.07, 6.45) is 10.2. The van der Waals surface area contributed by atoms with Crippen molar-refractivity contribution in [3.05, 3.63) is 35.7 Å². The van der Waals surface area contributed by atoms with Crippen LogP contribution >= 0.6 is 0 Å². The lowest BCUT2D eigenvalue weighted by molar-refractivity contribution is -0.235. The van der Waals surface area contributed by atoms with Crippen molar-refractivity contribution < 1.29 is 19.0 Å². The highest BCUT2D eigenvalue weighted by Crippen LogP contribution is 2.41. The first-order valence-corrected chi connectivity index (χ1v) is 10.6. The highest BCUT2D eigenvalue weighted by atomic mass is 16.7. The summed E-state index contributed by atoms with van der Waals surface area (Å²) in [4.78, 5) is 19.5. The summed E-state index contributed by atoms with van der Waals surface area (Å²) in [5.74, 6) is 0.371. The van der Waals surface area contributed by atoms with Gasteiger partial charge in [-0.2, -0.15) is 0 Å². The minimum atomic E-state index is -0.953. The number of allylic oxidation sites excluding steroid dienone is 2. The maximum atomic E-state index is 13.2. The molecule has 0 bridgehead atoms. The lowest BCUT2D eigenvalue weighted by atomic mass is 9.74. The maximum absolute atomic E-state index is 13.2. The van der Waals surface area contributed by atoms with Crippen LogP contribution < -0.4 is 0 Å². The molecule has 160 valence electrons. The van der Waals surface area contributed by atoms with Crippen LogP contribution in [0.3, 0.4) is 0 Å². The highest BCUT2D eigenvalue weighted by Gasteiger charge is 2.61. The van der Waals surface area contributed by atoms with Crippen LogP contribution in [0.15, 0.2) is 24.4 Å². The van der Waals surface area contributed by atoms with Gasteiger partial charge in [-0.1, -0.05) is 19.9 Å². The monoisotopic (exact) mass is 402 g/mol. The van der Waals surface area contributed by atoms with Crippen molar-refractivity contribution in [2.75, 3.05) is 27.7 Å². The number of carbonyl (C=O) groups is 1. The smallest absolute Gasteiger partial charge is 0.259 e. The van der Waals surface area contributed by atoms with Crippen LogP contribution in [0.4, 0.5) is 0 Å². The van der Waals surface area contributed by atoms with Gasteiger partial charge < -0.3 is 19.1 Å². The Hall–Kier alpha value is -1.76. The Kier molecular flexibility index (Phi) is 7.44. The molecule has 1 aromatic rings. The van der Waals surface area contributed by atoms with Crippen molar-refractivity contribution >= 4 is 11.5 Å². The number of pyridine rings is 1. The lowest BCUT2D eigenvalue weighted by Gasteiger charge is -2.55. The molecule has 0 aromatic carbocycles. The van der Waals surface area contributed by atoms with Crippen molar-refractivity contribution in [1.29, 1.82) is 0 Å². The Morgan fingerprint density at radius 1 is 1.28 bits per heavy atom. The fourth-order valence-electron chi connectivity index (χ4n) is 4.48. The molecule has 1 aromatic heterocycles. The van der Waals surface area contributed by atoms with Crippen molar-refractivity contribution in [3.63, 3.8) is 0 Å². The normalized spacial score (nSPS) is 24.6. The van der Waals surface area contributed by atoms with Gasteiger partial charge in [0.15, 0.2) is 5.60 Å². The second-order valence-corrected chi connectivity index (χ2v) is 8.47. The third-order valence-electron chi connectivity index (χ3n) is 5.86. The molecule has 0 unspecified atom stereocenters. The van der Waals surface area contributed by atoms with E-state index in [2.05, 4.69) is 37.0 Å². The van der Waals surface area contributed by atoms with Crippen LogP contribution in [0.2, 0.25) is 0 Å². The average molecular weight is 403 g/mol. The Balaban J connectivity index is 1.88. The van der Waals surface area contributed by atoms with E-state index in [1.54, 1.807) is 19.1 Å². The molecule has 1 aliphatic heterocycles. The molecule has 1 saturated heterocycles. The molecule has 1 amide bonds. The number of β-lactam (4-membered cyclic amide) rings is 1. The van der Waals surface area contributed by atoms with E-state index in [1.165, 1.54) is 24.0 Å². The summed E-state index contributed by atoms with van der Waals surface area (Å²) < 4.78 is 16.5. The molecule has 2 aliphatic rings. The van der Waals surface area contributed by atoms with Crippen molar-refractivity contribution in [3.8, 4) is 0 Å². The number of carbonyl (C=O) groups excluding carboxylic acids is 1. The molecule has 29 heavy (non-hydrogen) atoms. The molecule has 1 fully saturated rings. The van der Waals surface area contributed by atoms with E-state index < -0.39 is 5.60 Å². The second-order valence-electron chi connectivity index (χ2n) is 8.47. The van der Waals surface area contributed by atoms with E-state index in [1.807, 2.05) is 6.20 Å². The molecule has 1 aliphatic carbocycles. The minimum absolute atomic E-state index is 0.0499. The average Bonchev–Trinajstić information content (AvgIpc) is 2.74.